The van der Waals surface area contributed by atoms with Crippen molar-refractivity contribution >= 4 is 0 Å². The molecule has 0 aliphatic rings. The van der Waals surface area contributed by atoms with E-state index < -0.39 is 0 Å². The van der Waals surface area contributed by atoms with Crippen LogP contribution < -0.4 is 0 Å². The highest BCUT2D eigenvalue weighted by Gasteiger charge is 1.95. The smallest absolute Gasteiger partial charge is 0.0821 e. The van der Waals surface area contributed by atoms with Gasteiger partial charge in [0.05, 0.1) is 12.2 Å². The zero-order valence-electron chi connectivity index (χ0n) is 7.01. The number of rotatable bonds is 2. The van der Waals surface area contributed by atoms with Gasteiger partial charge in [-0.1, -0.05) is 0 Å². The van der Waals surface area contributed by atoms with E-state index in [0.29, 0.717) is 0 Å². The molecule has 0 aromatic carbocycles. The molecule has 0 unspecified atom stereocenters. The molecule has 0 N–H and O–H groups in total. The summed E-state index contributed by atoms with van der Waals surface area (Å²) in [6.45, 7) is 0.855. The summed E-state index contributed by atoms with van der Waals surface area (Å²) in [4.78, 5) is 0. The third kappa shape index (κ3) is 1.39. The summed E-state index contributed by atoms with van der Waals surface area (Å²) in [6.07, 6.45) is 6.03. The molecule has 12 heavy (non-hydrogen) atoms. The summed E-state index contributed by atoms with van der Waals surface area (Å²) in [5.41, 5.74) is 1.09. The maximum absolute atomic E-state index is 4.28. The highest BCUT2D eigenvalue weighted by Crippen LogP contribution is 1.98. The minimum Gasteiger partial charge on any atom is -0.348 e. The van der Waals surface area contributed by atoms with E-state index in [9.17, 15) is 0 Å². The Balaban J connectivity index is 2.14. The van der Waals surface area contributed by atoms with E-state index in [-0.39, 0.29) is 0 Å². The second-order valence-corrected chi connectivity index (χ2v) is 2.84. The molecule has 2 aromatic rings. The molecule has 0 amide bonds. The first kappa shape index (κ1) is 7.16. The summed E-state index contributed by atoms with van der Waals surface area (Å²) < 4.78 is 3.92. The third-order valence-corrected chi connectivity index (χ3v) is 1.78. The fourth-order valence-corrected chi connectivity index (χ4v) is 1.21. The molecule has 0 saturated heterocycles. The van der Waals surface area contributed by atoms with Gasteiger partial charge >= 0.3 is 0 Å². The van der Waals surface area contributed by atoms with Crippen LogP contribution in [-0.4, -0.2) is 14.3 Å². The Hall–Kier alpha value is -1.51. The summed E-state index contributed by atoms with van der Waals surface area (Å²) in [5, 5.41) is 4.28. The summed E-state index contributed by atoms with van der Waals surface area (Å²) in [7, 11) is 1.93. The van der Waals surface area contributed by atoms with Crippen LogP contribution >= 0.6 is 0 Å². The van der Waals surface area contributed by atoms with Crippen LogP contribution in [0.3, 0.4) is 0 Å². The molecule has 0 atom stereocenters. The highest BCUT2D eigenvalue weighted by molar-refractivity contribution is 5.01. The molecular weight excluding hydrogens is 150 g/mol. The predicted molar refractivity (Wildman–Crippen MR) is 46.7 cm³/mol. The lowest BCUT2D eigenvalue weighted by molar-refractivity contribution is 0.708. The van der Waals surface area contributed by atoms with Crippen molar-refractivity contribution in [3.05, 3.63) is 42.5 Å². The number of hydrogen-bond acceptors (Lipinski definition) is 1. The number of aryl methyl sites for hydroxylation is 1. The van der Waals surface area contributed by atoms with Crippen molar-refractivity contribution in [1.82, 2.24) is 14.3 Å². The van der Waals surface area contributed by atoms with Crippen molar-refractivity contribution in [2.45, 2.75) is 6.54 Å². The van der Waals surface area contributed by atoms with Crippen LogP contribution in [0.1, 0.15) is 5.69 Å². The molecule has 0 saturated carbocycles. The van der Waals surface area contributed by atoms with E-state index in [1.165, 1.54) is 0 Å². The fourth-order valence-electron chi connectivity index (χ4n) is 1.21. The number of nitrogens with zero attached hydrogens (tertiary/aromatic N) is 3. The van der Waals surface area contributed by atoms with Crippen molar-refractivity contribution in [1.29, 1.82) is 0 Å². The lowest BCUT2D eigenvalue weighted by atomic mass is 10.4. The van der Waals surface area contributed by atoms with E-state index in [2.05, 4.69) is 9.67 Å². The second-order valence-electron chi connectivity index (χ2n) is 2.84. The SMILES string of the molecule is Cn1ccc(Cn2cccc2)n1. The van der Waals surface area contributed by atoms with E-state index in [1.54, 1.807) is 0 Å². The van der Waals surface area contributed by atoms with Gasteiger partial charge in [0.2, 0.25) is 0 Å². The molecule has 62 valence electrons. The molecule has 0 radical (unpaired) electrons. The van der Waals surface area contributed by atoms with Gasteiger partial charge < -0.3 is 4.57 Å². The Kier molecular flexibility index (Phi) is 1.70. The fraction of sp³-hybridized carbons (Fsp3) is 0.222. The summed E-state index contributed by atoms with van der Waals surface area (Å²) >= 11 is 0. The first-order valence-corrected chi connectivity index (χ1v) is 3.94. The van der Waals surface area contributed by atoms with Gasteiger partial charge in [-0.15, -0.1) is 0 Å². The van der Waals surface area contributed by atoms with Gasteiger partial charge in [0.1, 0.15) is 0 Å². The molecule has 0 aliphatic heterocycles. The normalized spacial score (nSPS) is 10.4. The molecule has 2 rings (SSSR count). The van der Waals surface area contributed by atoms with Gasteiger partial charge in [0, 0.05) is 25.6 Å². The minimum atomic E-state index is 0.855. The van der Waals surface area contributed by atoms with Gasteiger partial charge in [-0.25, -0.2) is 0 Å². The monoisotopic (exact) mass is 161 g/mol. The topological polar surface area (TPSA) is 22.8 Å². The Morgan fingerprint density at radius 2 is 2.00 bits per heavy atom. The van der Waals surface area contributed by atoms with Crippen molar-refractivity contribution in [2.24, 2.45) is 7.05 Å². The number of hydrogen-bond donors (Lipinski definition) is 0. The zero-order valence-corrected chi connectivity index (χ0v) is 7.01. The molecule has 0 spiro atoms. The molecular formula is C9H11N3. The van der Waals surface area contributed by atoms with Crippen molar-refractivity contribution < 1.29 is 0 Å². The zero-order chi connectivity index (χ0) is 8.39. The van der Waals surface area contributed by atoms with Crippen LogP contribution in [0, 0.1) is 0 Å². The highest BCUT2D eigenvalue weighted by atomic mass is 15.3. The van der Waals surface area contributed by atoms with Gasteiger partial charge in [0.25, 0.3) is 0 Å². The van der Waals surface area contributed by atoms with Crippen LogP contribution in [0.2, 0.25) is 0 Å². The average Bonchev–Trinajstić information content (AvgIpc) is 2.63. The van der Waals surface area contributed by atoms with Crippen LogP contribution in [0.15, 0.2) is 36.8 Å². The molecule has 2 heterocycles. The van der Waals surface area contributed by atoms with E-state index >= 15 is 0 Å². The Labute approximate surface area is 71.2 Å². The largest absolute Gasteiger partial charge is 0.348 e. The molecule has 3 heteroatoms. The van der Waals surface area contributed by atoms with Crippen molar-refractivity contribution in [2.75, 3.05) is 0 Å². The molecule has 0 fully saturated rings. The Morgan fingerprint density at radius 1 is 1.25 bits per heavy atom. The summed E-state index contributed by atoms with van der Waals surface area (Å²) in [6, 6.07) is 6.06. The molecule has 3 nitrogen and oxygen atoms in total. The lowest BCUT2D eigenvalue weighted by Crippen LogP contribution is -1.98. The van der Waals surface area contributed by atoms with Crippen molar-refractivity contribution in [3.63, 3.8) is 0 Å². The Bertz CT molecular complexity index is 345. The van der Waals surface area contributed by atoms with Crippen LogP contribution in [0.25, 0.3) is 0 Å². The first-order chi connectivity index (χ1) is 5.84. The van der Waals surface area contributed by atoms with E-state index in [4.69, 9.17) is 0 Å². The van der Waals surface area contributed by atoms with Crippen LogP contribution in [0.5, 0.6) is 0 Å². The predicted octanol–water partition coefficient (Wildman–Crippen LogP) is 1.27. The molecule has 2 aromatic heterocycles. The minimum absolute atomic E-state index is 0.855. The van der Waals surface area contributed by atoms with Crippen molar-refractivity contribution in [3.8, 4) is 0 Å². The number of aromatic nitrogens is 3. The average molecular weight is 161 g/mol. The summed E-state index contributed by atoms with van der Waals surface area (Å²) in [5.74, 6) is 0. The van der Waals surface area contributed by atoms with Gasteiger partial charge in [-0.2, -0.15) is 5.10 Å². The second kappa shape index (κ2) is 2.85. The quantitative estimate of drug-likeness (QED) is 0.650. The van der Waals surface area contributed by atoms with E-state index in [1.807, 2.05) is 48.5 Å². The molecule has 0 aliphatic carbocycles. The third-order valence-electron chi connectivity index (χ3n) is 1.78. The standard InChI is InChI=1S/C9H11N3/c1-11-7-4-9(10-11)8-12-5-2-3-6-12/h2-7H,8H2,1H3. The first-order valence-electron chi connectivity index (χ1n) is 3.94. The van der Waals surface area contributed by atoms with Gasteiger partial charge in [-0.05, 0) is 18.2 Å². The van der Waals surface area contributed by atoms with Crippen LogP contribution in [-0.2, 0) is 13.6 Å². The lowest BCUT2D eigenvalue weighted by Gasteiger charge is -1.97. The molecule has 0 bridgehead atoms. The van der Waals surface area contributed by atoms with Gasteiger partial charge in [0.15, 0.2) is 0 Å². The van der Waals surface area contributed by atoms with Crippen LogP contribution in [0.4, 0.5) is 0 Å². The van der Waals surface area contributed by atoms with Gasteiger partial charge in [-0.3, -0.25) is 4.68 Å². The Morgan fingerprint density at radius 3 is 2.58 bits per heavy atom. The maximum Gasteiger partial charge on any atom is 0.0821 e. The van der Waals surface area contributed by atoms with E-state index in [0.717, 1.165) is 12.2 Å². The maximum atomic E-state index is 4.28.